The Morgan fingerprint density at radius 2 is 1.90 bits per heavy atom. The minimum Gasteiger partial charge on any atom is -0.481 e. The van der Waals surface area contributed by atoms with Gasteiger partial charge in [0.25, 0.3) is 0 Å². The van der Waals surface area contributed by atoms with Crippen molar-refractivity contribution in [2.24, 2.45) is 11.3 Å². The third-order valence-corrected chi connectivity index (χ3v) is 4.84. The standard InChI is InChI=1S/C15H26N2O4/c1-17(10-12-4-2-3-5-12)14(20)16-11-15(13(18)19)6-8-21-9-7-15/h12H,2-11H2,1H3,(H,16,20)(H,18,19). The molecule has 0 aromatic rings. The van der Waals surface area contributed by atoms with E-state index in [0.29, 0.717) is 32.0 Å². The van der Waals surface area contributed by atoms with Gasteiger partial charge in [-0.3, -0.25) is 4.79 Å². The van der Waals surface area contributed by atoms with Crippen LogP contribution >= 0.6 is 0 Å². The lowest BCUT2D eigenvalue weighted by Gasteiger charge is -2.33. The Hall–Kier alpha value is -1.30. The molecular weight excluding hydrogens is 272 g/mol. The minimum absolute atomic E-state index is 0.172. The summed E-state index contributed by atoms with van der Waals surface area (Å²) in [5, 5.41) is 12.2. The summed E-state index contributed by atoms with van der Waals surface area (Å²) in [6, 6.07) is -0.172. The van der Waals surface area contributed by atoms with E-state index in [1.165, 1.54) is 25.7 Å². The molecule has 6 heteroatoms. The summed E-state index contributed by atoms with van der Waals surface area (Å²) in [6.45, 7) is 1.83. The molecular formula is C15H26N2O4. The number of carbonyl (C=O) groups excluding carboxylic acids is 1. The number of carboxylic acid groups (broad SMARTS) is 1. The zero-order valence-electron chi connectivity index (χ0n) is 12.8. The van der Waals surface area contributed by atoms with Crippen LogP contribution < -0.4 is 5.32 Å². The van der Waals surface area contributed by atoms with Gasteiger partial charge in [0, 0.05) is 33.4 Å². The Balaban J connectivity index is 1.82. The number of ether oxygens (including phenoxy) is 1. The fourth-order valence-electron chi connectivity index (χ4n) is 3.27. The van der Waals surface area contributed by atoms with Gasteiger partial charge < -0.3 is 20.1 Å². The van der Waals surface area contributed by atoms with Gasteiger partial charge in [-0.1, -0.05) is 12.8 Å². The van der Waals surface area contributed by atoms with Crippen molar-refractivity contribution in [3.8, 4) is 0 Å². The molecule has 1 saturated carbocycles. The lowest BCUT2D eigenvalue weighted by Crippen LogP contribution is -2.49. The zero-order chi connectivity index (χ0) is 15.3. The molecule has 0 spiro atoms. The minimum atomic E-state index is -0.873. The van der Waals surface area contributed by atoms with E-state index in [1.54, 1.807) is 11.9 Å². The van der Waals surface area contributed by atoms with Crippen LogP contribution in [0.2, 0.25) is 0 Å². The van der Waals surface area contributed by atoms with E-state index in [2.05, 4.69) is 5.32 Å². The molecule has 1 aliphatic heterocycles. The molecule has 2 N–H and O–H groups in total. The SMILES string of the molecule is CN(CC1CCCC1)C(=O)NCC1(C(=O)O)CCOCC1. The number of carbonyl (C=O) groups is 2. The topological polar surface area (TPSA) is 78.9 Å². The summed E-state index contributed by atoms with van der Waals surface area (Å²) in [4.78, 5) is 25.3. The van der Waals surface area contributed by atoms with Crippen molar-refractivity contribution in [3.05, 3.63) is 0 Å². The summed E-state index contributed by atoms with van der Waals surface area (Å²) in [7, 11) is 1.78. The second-order valence-electron chi connectivity index (χ2n) is 6.39. The number of carboxylic acids is 1. The normalized spacial score (nSPS) is 22.0. The summed E-state index contributed by atoms with van der Waals surface area (Å²) < 4.78 is 5.23. The highest BCUT2D eigenvalue weighted by molar-refractivity contribution is 5.78. The Morgan fingerprint density at radius 3 is 2.48 bits per heavy atom. The molecule has 0 atom stereocenters. The van der Waals surface area contributed by atoms with Crippen LogP contribution in [0.15, 0.2) is 0 Å². The van der Waals surface area contributed by atoms with Gasteiger partial charge in [-0.05, 0) is 31.6 Å². The molecule has 6 nitrogen and oxygen atoms in total. The quantitative estimate of drug-likeness (QED) is 0.809. The molecule has 1 aliphatic carbocycles. The molecule has 2 aliphatic rings. The van der Waals surface area contributed by atoms with Crippen LogP contribution in [0.1, 0.15) is 38.5 Å². The van der Waals surface area contributed by atoms with E-state index >= 15 is 0 Å². The number of nitrogens with one attached hydrogen (secondary N) is 1. The predicted octanol–water partition coefficient (Wildman–Crippen LogP) is 1.70. The van der Waals surface area contributed by atoms with Crippen molar-refractivity contribution in [3.63, 3.8) is 0 Å². The maximum absolute atomic E-state index is 12.1. The third kappa shape index (κ3) is 4.09. The smallest absolute Gasteiger partial charge is 0.317 e. The lowest BCUT2D eigenvalue weighted by atomic mass is 9.80. The number of nitrogens with zero attached hydrogens (tertiary/aromatic N) is 1. The third-order valence-electron chi connectivity index (χ3n) is 4.84. The van der Waals surface area contributed by atoms with E-state index in [-0.39, 0.29) is 12.6 Å². The summed E-state index contributed by atoms with van der Waals surface area (Å²) in [5.74, 6) is -0.248. The second kappa shape index (κ2) is 7.11. The number of hydrogen-bond donors (Lipinski definition) is 2. The van der Waals surface area contributed by atoms with E-state index in [0.717, 1.165) is 6.54 Å². The van der Waals surface area contributed by atoms with Crippen molar-refractivity contribution in [1.82, 2.24) is 10.2 Å². The first-order chi connectivity index (χ1) is 10.0. The molecule has 2 rings (SSSR count). The molecule has 0 unspecified atom stereocenters. The summed E-state index contributed by atoms with van der Waals surface area (Å²) >= 11 is 0. The Bertz CT molecular complexity index is 374. The molecule has 0 bridgehead atoms. The first kappa shape index (κ1) is 16.1. The number of amides is 2. The summed E-state index contributed by atoms with van der Waals surface area (Å²) in [5.41, 5.74) is -0.873. The molecule has 0 aromatic heterocycles. The molecule has 1 saturated heterocycles. The molecule has 0 aromatic carbocycles. The lowest BCUT2D eigenvalue weighted by molar-refractivity contribution is -0.154. The number of rotatable bonds is 5. The van der Waals surface area contributed by atoms with Gasteiger partial charge in [0.15, 0.2) is 0 Å². The van der Waals surface area contributed by atoms with Crippen molar-refractivity contribution >= 4 is 12.0 Å². The number of hydrogen-bond acceptors (Lipinski definition) is 3. The molecule has 0 radical (unpaired) electrons. The molecule has 21 heavy (non-hydrogen) atoms. The van der Waals surface area contributed by atoms with Crippen LogP contribution in [0.5, 0.6) is 0 Å². The van der Waals surface area contributed by atoms with Gasteiger partial charge in [0.2, 0.25) is 0 Å². The van der Waals surface area contributed by atoms with Gasteiger partial charge in [-0.15, -0.1) is 0 Å². The summed E-state index contributed by atoms with van der Waals surface area (Å²) in [6.07, 6.45) is 5.79. The highest BCUT2D eigenvalue weighted by Gasteiger charge is 2.40. The molecule has 1 heterocycles. The Morgan fingerprint density at radius 1 is 1.29 bits per heavy atom. The highest BCUT2D eigenvalue weighted by Crippen LogP contribution is 2.30. The van der Waals surface area contributed by atoms with E-state index in [4.69, 9.17) is 4.74 Å². The number of urea groups is 1. The monoisotopic (exact) mass is 298 g/mol. The maximum Gasteiger partial charge on any atom is 0.317 e. The van der Waals surface area contributed by atoms with Crippen LogP contribution in [-0.4, -0.2) is 55.4 Å². The fraction of sp³-hybridized carbons (Fsp3) is 0.867. The van der Waals surface area contributed by atoms with Gasteiger partial charge in [-0.2, -0.15) is 0 Å². The van der Waals surface area contributed by atoms with Gasteiger partial charge >= 0.3 is 12.0 Å². The predicted molar refractivity (Wildman–Crippen MR) is 78.1 cm³/mol. The average Bonchev–Trinajstić information content (AvgIpc) is 2.98. The molecule has 120 valence electrons. The van der Waals surface area contributed by atoms with Gasteiger partial charge in [0.1, 0.15) is 0 Å². The average molecular weight is 298 g/mol. The van der Waals surface area contributed by atoms with Crippen LogP contribution in [0, 0.1) is 11.3 Å². The molecule has 2 amide bonds. The largest absolute Gasteiger partial charge is 0.481 e. The Labute approximate surface area is 125 Å². The first-order valence-electron chi connectivity index (χ1n) is 7.84. The van der Waals surface area contributed by atoms with Gasteiger partial charge in [-0.25, -0.2) is 4.79 Å². The number of aliphatic carboxylic acids is 1. The van der Waals surface area contributed by atoms with Crippen molar-refractivity contribution < 1.29 is 19.4 Å². The van der Waals surface area contributed by atoms with E-state index in [9.17, 15) is 14.7 Å². The van der Waals surface area contributed by atoms with Gasteiger partial charge in [0.05, 0.1) is 5.41 Å². The highest BCUT2D eigenvalue weighted by atomic mass is 16.5. The van der Waals surface area contributed by atoms with Crippen molar-refractivity contribution in [2.75, 3.05) is 33.4 Å². The van der Waals surface area contributed by atoms with Crippen LogP contribution in [0.4, 0.5) is 4.79 Å². The van der Waals surface area contributed by atoms with Crippen LogP contribution in [0.3, 0.4) is 0 Å². The maximum atomic E-state index is 12.1. The van der Waals surface area contributed by atoms with Crippen LogP contribution in [-0.2, 0) is 9.53 Å². The fourth-order valence-corrected chi connectivity index (χ4v) is 3.27. The molecule has 2 fully saturated rings. The van der Waals surface area contributed by atoms with Crippen molar-refractivity contribution in [1.29, 1.82) is 0 Å². The van der Waals surface area contributed by atoms with E-state index in [1.807, 2.05) is 0 Å². The van der Waals surface area contributed by atoms with E-state index < -0.39 is 11.4 Å². The van der Waals surface area contributed by atoms with Crippen LogP contribution in [0.25, 0.3) is 0 Å². The zero-order valence-corrected chi connectivity index (χ0v) is 12.8. The second-order valence-corrected chi connectivity index (χ2v) is 6.39. The Kier molecular flexibility index (Phi) is 5.45. The van der Waals surface area contributed by atoms with Crippen molar-refractivity contribution in [2.45, 2.75) is 38.5 Å². The first-order valence-corrected chi connectivity index (χ1v) is 7.84.